The zero-order valence-electron chi connectivity index (χ0n) is 14.5. The molecule has 2 amide bonds. The van der Waals surface area contributed by atoms with Gasteiger partial charge < -0.3 is 10.6 Å². The predicted octanol–water partition coefficient (Wildman–Crippen LogP) is 5.37. The Labute approximate surface area is 173 Å². The molecule has 0 spiro atoms. The topological polar surface area (TPSA) is 71.1 Å². The van der Waals surface area contributed by atoms with Crippen LogP contribution in [0.1, 0.15) is 15.4 Å². The van der Waals surface area contributed by atoms with Gasteiger partial charge in [0.25, 0.3) is 5.91 Å². The molecule has 0 atom stereocenters. The lowest BCUT2D eigenvalue weighted by Crippen LogP contribution is -2.15. The summed E-state index contributed by atoms with van der Waals surface area (Å²) >= 11 is 4.57. The van der Waals surface area contributed by atoms with Crippen LogP contribution in [-0.2, 0) is 11.2 Å². The number of hydrogen-bond donors (Lipinski definition) is 2. The molecule has 5 nitrogen and oxygen atoms in total. The van der Waals surface area contributed by atoms with Crippen molar-refractivity contribution >= 4 is 57.2 Å². The fraction of sp³-hybridized carbons (Fsp3) is 0.0500. The maximum absolute atomic E-state index is 12.3. The van der Waals surface area contributed by atoms with Crippen LogP contribution in [0, 0.1) is 0 Å². The summed E-state index contributed by atoms with van der Waals surface area (Å²) in [4.78, 5) is 30.6. The average Bonchev–Trinajstić information content (AvgIpc) is 3.45. The molecule has 4 rings (SSSR count). The van der Waals surface area contributed by atoms with Gasteiger partial charge in [-0.3, -0.25) is 9.59 Å². The highest BCUT2D eigenvalue weighted by Crippen LogP contribution is 2.28. The lowest BCUT2D eigenvalue weighted by molar-refractivity contribution is -0.115. The van der Waals surface area contributed by atoms with Gasteiger partial charge in [0.05, 0.1) is 21.9 Å². The molecule has 3 aromatic heterocycles. The molecule has 4 aromatic rings. The van der Waals surface area contributed by atoms with Crippen molar-refractivity contribution in [3.63, 3.8) is 0 Å². The van der Waals surface area contributed by atoms with Gasteiger partial charge in [0, 0.05) is 16.8 Å². The van der Waals surface area contributed by atoms with Crippen molar-refractivity contribution in [2.75, 3.05) is 10.6 Å². The molecule has 0 saturated carbocycles. The number of rotatable bonds is 6. The predicted molar refractivity (Wildman–Crippen MR) is 116 cm³/mol. The summed E-state index contributed by atoms with van der Waals surface area (Å²) < 4.78 is 0. The van der Waals surface area contributed by atoms with Crippen LogP contribution in [0.15, 0.2) is 64.7 Å². The Morgan fingerprint density at radius 2 is 1.57 bits per heavy atom. The normalized spacial score (nSPS) is 10.6. The average molecular weight is 426 g/mol. The maximum atomic E-state index is 12.3. The number of aromatic nitrogens is 1. The van der Waals surface area contributed by atoms with Crippen molar-refractivity contribution < 1.29 is 9.59 Å². The molecule has 1 aromatic carbocycles. The van der Waals surface area contributed by atoms with Gasteiger partial charge >= 0.3 is 0 Å². The molecular formula is C20H15N3O2S3. The van der Waals surface area contributed by atoms with E-state index in [0.717, 1.165) is 15.6 Å². The quantitative estimate of drug-likeness (QED) is 0.436. The number of benzene rings is 1. The van der Waals surface area contributed by atoms with Gasteiger partial charge in [-0.1, -0.05) is 12.1 Å². The van der Waals surface area contributed by atoms with E-state index in [1.807, 2.05) is 34.3 Å². The van der Waals surface area contributed by atoms with E-state index >= 15 is 0 Å². The highest BCUT2D eigenvalue weighted by molar-refractivity contribution is 7.20. The Hall–Kier alpha value is -2.81. The van der Waals surface area contributed by atoms with Gasteiger partial charge in [-0.2, -0.15) is 0 Å². The number of carbonyl (C=O) groups excluding carboxylic acids is 2. The van der Waals surface area contributed by atoms with Gasteiger partial charge in [0.1, 0.15) is 5.01 Å². The largest absolute Gasteiger partial charge is 0.326 e. The van der Waals surface area contributed by atoms with Gasteiger partial charge in [-0.15, -0.1) is 34.0 Å². The number of amides is 2. The number of nitrogens with one attached hydrogen (secondary N) is 2. The van der Waals surface area contributed by atoms with E-state index in [4.69, 9.17) is 0 Å². The van der Waals surface area contributed by atoms with Gasteiger partial charge in [0.15, 0.2) is 0 Å². The monoisotopic (exact) mass is 425 g/mol. The van der Waals surface area contributed by atoms with Crippen molar-refractivity contribution in [1.82, 2.24) is 4.98 Å². The molecule has 0 saturated heterocycles. The van der Waals surface area contributed by atoms with E-state index in [2.05, 4.69) is 15.6 Å². The fourth-order valence-corrected chi connectivity index (χ4v) is 4.76. The van der Waals surface area contributed by atoms with Gasteiger partial charge in [-0.05, 0) is 47.2 Å². The fourth-order valence-electron chi connectivity index (χ4n) is 2.51. The number of carbonyl (C=O) groups is 2. The maximum Gasteiger partial charge on any atom is 0.265 e. The van der Waals surface area contributed by atoms with Crippen molar-refractivity contribution in [3.8, 4) is 9.88 Å². The van der Waals surface area contributed by atoms with Crippen LogP contribution in [0.4, 0.5) is 11.4 Å². The summed E-state index contributed by atoms with van der Waals surface area (Å²) in [5.74, 6) is -0.268. The zero-order chi connectivity index (χ0) is 19.3. The summed E-state index contributed by atoms with van der Waals surface area (Å²) in [7, 11) is 0. The SMILES string of the molecule is O=C(Cc1csc(-c2cccs2)n1)Nc1ccc(NC(=O)c2cccs2)cc1. The smallest absolute Gasteiger partial charge is 0.265 e. The molecule has 0 radical (unpaired) electrons. The summed E-state index contributed by atoms with van der Waals surface area (Å²) in [5, 5.41) is 12.4. The molecule has 0 aliphatic rings. The summed E-state index contributed by atoms with van der Waals surface area (Å²) in [5.41, 5.74) is 2.11. The van der Waals surface area contributed by atoms with Gasteiger partial charge in [0.2, 0.25) is 5.91 Å². The third kappa shape index (κ3) is 4.53. The van der Waals surface area contributed by atoms with E-state index in [1.54, 1.807) is 53.0 Å². The first-order valence-electron chi connectivity index (χ1n) is 8.40. The second-order valence-electron chi connectivity index (χ2n) is 5.86. The van der Waals surface area contributed by atoms with E-state index in [-0.39, 0.29) is 18.2 Å². The second kappa shape index (κ2) is 8.47. The Bertz CT molecular complexity index is 1070. The minimum Gasteiger partial charge on any atom is -0.326 e. The Morgan fingerprint density at radius 3 is 2.25 bits per heavy atom. The number of thiophene rings is 2. The first-order valence-corrected chi connectivity index (χ1v) is 11.0. The first kappa shape index (κ1) is 18.5. The van der Waals surface area contributed by atoms with E-state index < -0.39 is 0 Å². The molecule has 0 fully saturated rings. The lowest BCUT2D eigenvalue weighted by Gasteiger charge is -2.07. The molecule has 0 aliphatic heterocycles. The zero-order valence-corrected chi connectivity index (χ0v) is 17.0. The Kier molecular flexibility index (Phi) is 5.61. The lowest BCUT2D eigenvalue weighted by atomic mass is 10.2. The Balaban J connectivity index is 1.33. The highest BCUT2D eigenvalue weighted by atomic mass is 32.1. The van der Waals surface area contributed by atoms with Crippen LogP contribution in [0.5, 0.6) is 0 Å². The second-order valence-corrected chi connectivity index (χ2v) is 8.61. The molecular weight excluding hydrogens is 410 g/mol. The molecule has 2 N–H and O–H groups in total. The number of nitrogens with zero attached hydrogens (tertiary/aromatic N) is 1. The van der Waals surface area contributed by atoms with E-state index in [1.165, 1.54) is 11.3 Å². The van der Waals surface area contributed by atoms with Crippen molar-refractivity contribution in [3.05, 3.63) is 75.2 Å². The number of hydrogen-bond acceptors (Lipinski definition) is 6. The van der Waals surface area contributed by atoms with E-state index in [0.29, 0.717) is 16.3 Å². The molecule has 0 unspecified atom stereocenters. The third-order valence-electron chi connectivity index (χ3n) is 3.80. The minimum absolute atomic E-state index is 0.126. The summed E-state index contributed by atoms with van der Waals surface area (Å²) in [6, 6.07) is 14.7. The molecule has 140 valence electrons. The van der Waals surface area contributed by atoms with E-state index in [9.17, 15) is 9.59 Å². The first-order chi connectivity index (χ1) is 13.7. The van der Waals surface area contributed by atoms with Crippen molar-refractivity contribution in [2.45, 2.75) is 6.42 Å². The molecule has 0 bridgehead atoms. The molecule has 0 aliphatic carbocycles. The van der Waals surface area contributed by atoms with Crippen LogP contribution in [0.25, 0.3) is 9.88 Å². The van der Waals surface area contributed by atoms with Crippen LogP contribution >= 0.6 is 34.0 Å². The summed E-state index contributed by atoms with van der Waals surface area (Å²) in [6.45, 7) is 0. The molecule has 3 heterocycles. The Morgan fingerprint density at radius 1 is 0.857 bits per heavy atom. The molecule has 28 heavy (non-hydrogen) atoms. The van der Waals surface area contributed by atoms with Crippen LogP contribution in [0.2, 0.25) is 0 Å². The standard InChI is InChI=1S/C20H15N3O2S3/c24-18(11-15-12-28-20(23-15)17-4-2-10-27-17)21-13-5-7-14(8-6-13)22-19(25)16-3-1-9-26-16/h1-10,12H,11H2,(H,21,24)(H,22,25). The van der Waals surface area contributed by atoms with Crippen LogP contribution in [0.3, 0.4) is 0 Å². The minimum atomic E-state index is -0.142. The molecule has 8 heteroatoms. The summed E-state index contributed by atoms with van der Waals surface area (Å²) in [6.07, 6.45) is 0.221. The van der Waals surface area contributed by atoms with Crippen LogP contribution < -0.4 is 10.6 Å². The third-order valence-corrected chi connectivity index (χ3v) is 6.60. The number of anilines is 2. The van der Waals surface area contributed by atoms with Crippen LogP contribution in [-0.4, -0.2) is 16.8 Å². The highest BCUT2D eigenvalue weighted by Gasteiger charge is 2.11. The van der Waals surface area contributed by atoms with Crippen molar-refractivity contribution in [2.24, 2.45) is 0 Å². The van der Waals surface area contributed by atoms with Crippen molar-refractivity contribution in [1.29, 1.82) is 0 Å². The van der Waals surface area contributed by atoms with Gasteiger partial charge in [-0.25, -0.2) is 4.98 Å². The number of thiazole rings is 1.